The lowest BCUT2D eigenvalue weighted by atomic mass is 10.1. The van der Waals surface area contributed by atoms with Crippen LogP contribution in [0.3, 0.4) is 0 Å². The van der Waals surface area contributed by atoms with E-state index in [1.165, 1.54) is 0 Å². The fourth-order valence-corrected chi connectivity index (χ4v) is 2.58. The van der Waals surface area contributed by atoms with E-state index in [4.69, 9.17) is 11.6 Å². The highest BCUT2D eigenvalue weighted by molar-refractivity contribution is 6.31. The Morgan fingerprint density at radius 1 is 1.50 bits per heavy atom. The molecule has 2 rings (SSSR count). The predicted molar refractivity (Wildman–Crippen MR) is 86.5 cm³/mol. The monoisotopic (exact) mass is 321 g/mol. The third-order valence-electron chi connectivity index (χ3n) is 3.53. The van der Waals surface area contributed by atoms with Crippen LogP contribution in [-0.4, -0.2) is 42.4 Å². The van der Waals surface area contributed by atoms with Gasteiger partial charge in [0.25, 0.3) is 0 Å². The van der Waals surface area contributed by atoms with Gasteiger partial charge in [0.1, 0.15) is 0 Å². The van der Waals surface area contributed by atoms with Gasteiger partial charge in [0.2, 0.25) is 11.8 Å². The van der Waals surface area contributed by atoms with Crippen molar-refractivity contribution >= 4 is 23.4 Å². The Morgan fingerprint density at radius 2 is 2.27 bits per heavy atom. The Kier molecular flexibility index (Phi) is 5.98. The number of hydrogen-bond donors (Lipinski definition) is 2. The van der Waals surface area contributed by atoms with Crippen LogP contribution < -0.4 is 10.6 Å². The van der Waals surface area contributed by atoms with Gasteiger partial charge in [0.15, 0.2) is 0 Å². The molecule has 5 nitrogen and oxygen atoms in total. The molecular weight excluding hydrogens is 302 g/mol. The standard InChI is InChI=1S/C16H20ClN3O2/c1-2-7-19-15(21)10-14-16(22)20(9-8-18-14)11-12-5-3-4-6-13(12)17/h2-6,14,18H,1,7-11H2,(H,19,21). The van der Waals surface area contributed by atoms with Crippen LogP contribution in [0.1, 0.15) is 12.0 Å². The Balaban J connectivity index is 1.96. The van der Waals surface area contributed by atoms with Crippen molar-refractivity contribution in [1.82, 2.24) is 15.5 Å². The minimum Gasteiger partial charge on any atom is -0.353 e. The molecule has 1 fully saturated rings. The second kappa shape index (κ2) is 7.96. The first kappa shape index (κ1) is 16.5. The van der Waals surface area contributed by atoms with Crippen LogP contribution in [0.25, 0.3) is 0 Å². The highest BCUT2D eigenvalue weighted by atomic mass is 35.5. The smallest absolute Gasteiger partial charge is 0.240 e. The van der Waals surface area contributed by atoms with E-state index in [9.17, 15) is 9.59 Å². The molecular formula is C16H20ClN3O2. The normalized spacial score (nSPS) is 18.1. The van der Waals surface area contributed by atoms with Gasteiger partial charge in [-0.3, -0.25) is 9.59 Å². The van der Waals surface area contributed by atoms with E-state index in [-0.39, 0.29) is 18.2 Å². The molecule has 1 unspecified atom stereocenters. The molecule has 1 saturated heterocycles. The molecule has 0 aliphatic carbocycles. The molecule has 0 bridgehead atoms. The van der Waals surface area contributed by atoms with Crippen LogP contribution in [0.4, 0.5) is 0 Å². The molecule has 1 aliphatic heterocycles. The minimum absolute atomic E-state index is 0.0695. The predicted octanol–water partition coefficient (Wildman–Crippen LogP) is 1.33. The summed E-state index contributed by atoms with van der Waals surface area (Å²) in [7, 11) is 0. The zero-order valence-corrected chi connectivity index (χ0v) is 13.1. The Labute approximate surface area is 135 Å². The summed E-state index contributed by atoms with van der Waals surface area (Å²) >= 11 is 6.14. The number of halogens is 1. The van der Waals surface area contributed by atoms with Crippen LogP contribution in [0.5, 0.6) is 0 Å². The van der Waals surface area contributed by atoms with Gasteiger partial charge in [-0.05, 0) is 11.6 Å². The molecule has 1 aliphatic rings. The third-order valence-corrected chi connectivity index (χ3v) is 3.90. The Morgan fingerprint density at radius 3 is 3.00 bits per heavy atom. The molecule has 0 aromatic heterocycles. The lowest BCUT2D eigenvalue weighted by Gasteiger charge is -2.33. The van der Waals surface area contributed by atoms with Crippen molar-refractivity contribution in [3.63, 3.8) is 0 Å². The molecule has 1 heterocycles. The fourth-order valence-electron chi connectivity index (χ4n) is 2.38. The highest BCUT2D eigenvalue weighted by Crippen LogP contribution is 2.18. The quantitative estimate of drug-likeness (QED) is 0.777. The van der Waals surface area contributed by atoms with Gasteiger partial charge < -0.3 is 15.5 Å². The molecule has 0 spiro atoms. The number of piperazine rings is 1. The van der Waals surface area contributed by atoms with Crippen molar-refractivity contribution in [2.75, 3.05) is 19.6 Å². The zero-order valence-electron chi connectivity index (χ0n) is 12.3. The largest absolute Gasteiger partial charge is 0.353 e. The first-order valence-corrected chi connectivity index (χ1v) is 7.62. The van der Waals surface area contributed by atoms with E-state index in [1.54, 1.807) is 11.0 Å². The van der Waals surface area contributed by atoms with Crippen LogP contribution in [-0.2, 0) is 16.1 Å². The topological polar surface area (TPSA) is 61.4 Å². The Hall–Kier alpha value is -1.85. The Bertz CT molecular complexity index is 562. The number of rotatable bonds is 6. The van der Waals surface area contributed by atoms with E-state index in [0.29, 0.717) is 31.2 Å². The van der Waals surface area contributed by atoms with E-state index in [0.717, 1.165) is 5.56 Å². The first-order chi connectivity index (χ1) is 10.6. The highest BCUT2D eigenvalue weighted by Gasteiger charge is 2.30. The van der Waals surface area contributed by atoms with Gasteiger partial charge in [0, 0.05) is 31.2 Å². The number of benzene rings is 1. The van der Waals surface area contributed by atoms with Crippen molar-refractivity contribution in [2.24, 2.45) is 0 Å². The van der Waals surface area contributed by atoms with Crippen molar-refractivity contribution in [1.29, 1.82) is 0 Å². The minimum atomic E-state index is -0.485. The summed E-state index contributed by atoms with van der Waals surface area (Å²) in [6.45, 7) is 5.68. The molecule has 1 aromatic rings. The lowest BCUT2D eigenvalue weighted by Crippen LogP contribution is -2.55. The maximum absolute atomic E-state index is 12.5. The molecule has 0 saturated carbocycles. The maximum atomic E-state index is 12.5. The van der Waals surface area contributed by atoms with Crippen molar-refractivity contribution in [2.45, 2.75) is 19.0 Å². The van der Waals surface area contributed by atoms with Crippen molar-refractivity contribution in [3.8, 4) is 0 Å². The average molecular weight is 322 g/mol. The summed E-state index contributed by atoms with van der Waals surface area (Å²) in [5.74, 6) is -0.231. The van der Waals surface area contributed by atoms with Crippen LogP contribution >= 0.6 is 11.6 Å². The van der Waals surface area contributed by atoms with Crippen LogP contribution in [0, 0.1) is 0 Å². The van der Waals surface area contributed by atoms with E-state index >= 15 is 0 Å². The molecule has 22 heavy (non-hydrogen) atoms. The fraction of sp³-hybridized carbons (Fsp3) is 0.375. The first-order valence-electron chi connectivity index (χ1n) is 7.25. The summed E-state index contributed by atoms with van der Waals surface area (Å²) in [4.78, 5) is 26.0. The van der Waals surface area contributed by atoms with Gasteiger partial charge in [-0.15, -0.1) is 6.58 Å². The maximum Gasteiger partial charge on any atom is 0.240 e. The van der Waals surface area contributed by atoms with Gasteiger partial charge in [-0.1, -0.05) is 35.9 Å². The summed E-state index contributed by atoms with van der Waals surface area (Å²) in [6.07, 6.45) is 1.74. The third kappa shape index (κ3) is 4.32. The summed E-state index contributed by atoms with van der Waals surface area (Å²) in [6, 6.07) is 6.99. The van der Waals surface area contributed by atoms with E-state index in [1.807, 2.05) is 24.3 Å². The number of amides is 2. The number of carbonyl (C=O) groups excluding carboxylic acids is 2. The summed E-state index contributed by atoms with van der Waals surface area (Å²) in [5.41, 5.74) is 0.911. The van der Waals surface area contributed by atoms with Gasteiger partial charge >= 0.3 is 0 Å². The van der Waals surface area contributed by atoms with Crippen LogP contribution in [0.2, 0.25) is 5.02 Å². The van der Waals surface area contributed by atoms with Gasteiger partial charge in [0.05, 0.1) is 12.5 Å². The van der Waals surface area contributed by atoms with Crippen molar-refractivity contribution < 1.29 is 9.59 Å². The van der Waals surface area contributed by atoms with E-state index < -0.39 is 6.04 Å². The average Bonchev–Trinajstić information content (AvgIpc) is 2.51. The van der Waals surface area contributed by atoms with Gasteiger partial charge in [-0.25, -0.2) is 0 Å². The second-order valence-corrected chi connectivity index (χ2v) is 5.56. The lowest BCUT2D eigenvalue weighted by molar-refractivity contribution is -0.138. The van der Waals surface area contributed by atoms with Crippen molar-refractivity contribution in [3.05, 3.63) is 47.5 Å². The SMILES string of the molecule is C=CCNC(=O)CC1NCCN(Cc2ccccc2Cl)C1=O. The molecule has 0 radical (unpaired) electrons. The van der Waals surface area contributed by atoms with E-state index in [2.05, 4.69) is 17.2 Å². The number of carbonyl (C=O) groups is 2. The number of nitrogens with one attached hydrogen (secondary N) is 2. The number of hydrogen-bond acceptors (Lipinski definition) is 3. The molecule has 118 valence electrons. The van der Waals surface area contributed by atoms with Crippen LogP contribution in [0.15, 0.2) is 36.9 Å². The zero-order chi connectivity index (χ0) is 15.9. The molecule has 2 amide bonds. The number of nitrogens with zero attached hydrogens (tertiary/aromatic N) is 1. The molecule has 2 N–H and O–H groups in total. The molecule has 6 heteroatoms. The molecule has 1 atom stereocenters. The second-order valence-electron chi connectivity index (χ2n) is 5.15. The van der Waals surface area contributed by atoms with Gasteiger partial charge in [-0.2, -0.15) is 0 Å². The molecule has 1 aromatic carbocycles. The summed E-state index contributed by atoms with van der Waals surface area (Å²) in [5, 5.41) is 6.43. The summed E-state index contributed by atoms with van der Waals surface area (Å²) < 4.78 is 0.